The van der Waals surface area contributed by atoms with Crippen molar-refractivity contribution >= 4 is 6.03 Å². The Morgan fingerprint density at radius 1 is 1.48 bits per heavy atom. The number of rotatable bonds is 6. The summed E-state index contributed by atoms with van der Waals surface area (Å²) in [6, 6.07) is -0.140. The van der Waals surface area contributed by atoms with Crippen LogP contribution in [0.15, 0.2) is 12.4 Å². The van der Waals surface area contributed by atoms with Crippen molar-refractivity contribution in [3.63, 3.8) is 0 Å². The molecule has 3 N–H and O–H groups in total. The number of urea groups is 1. The number of nitrogens with one attached hydrogen (secondary N) is 2. The number of aliphatic hydroxyl groups is 1. The van der Waals surface area contributed by atoms with Gasteiger partial charge in [0.05, 0.1) is 12.3 Å². The number of aryl methyl sites for hydroxylation is 1. The topological polar surface area (TPSA) is 79.2 Å². The van der Waals surface area contributed by atoms with Gasteiger partial charge < -0.3 is 15.7 Å². The molecule has 0 fully saturated rings. The van der Waals surface area contributed by atoms with Crippen LogP contribution in [0, 0.1) is 5.41 Å². The summed E-state index contributed by atoms with van der Waals surface area (Å²) >= 11 is 0. The SMILES string of the molecule is C[C@H](CCC(C)(C)C)NC(=O)NC[C@@H](O)c1cnn(C)c1. The van der Waals surface area contributed by atoms with E-state index in [1.54, 1.807) is 24.1 Å². The first-order chi connectivity index (χ1) is 9.67. The van der Waals surface area contributed by atoms with Gasteiger partial charge in [-0.2, -0.15) is 5.10 Å². The van der Waals surface area contributed by atoms with Gasteiger partial charge in [-0.05, 0) is 25.2 Å². The summed E-state index contributed by atoms with van der Waals surface area (Å²) < 4.78 is 1.62. The first-order valence-electron chi connectivity index (χ1n) is 7.38. The summed E-state index contributed by atoms with van der Waals surface area (Å²) in [5.41, 5.74) is 0.960. The Hall–Kier alpha value is -1.56. The first kappa shape index (κ1) is 17.5. The van der Waals surface area contributed by atoms with E-state index in [1.165, 1.54) is 0 Å². The van der Waals surface area contributed by atoms with Crippen molar-refractivity contribution in [3.8, 4) is 0 Å². The maximum Gasteiger partial charge on any atom is 0.315 e. The minimum absolute atomic E-state index is 0.111. The quantitative estimate of drug-likeness (QED) is 0.751. The van der Waals surface area contributed by atoms with Crippen LogP contribution in [-0.2, 0) is 7.05 Å². The molecule has 2 atom stereocenters. The molecular formula is C15H28N4O2. The number of amides is 2. The van der Waals surface area contributed by atoms with E-state index in [0.29, 0.717) is 5.56 Å². The molecule has 1 aromatic rings. The van der Waals surface area contributed by atoms with Gasteiger partial charge in [0.1, 0.15) is 0 Å². The molecule has 2 amide bonds. The summed E-state index contributed by atoms with van der Waals surface area (Å²) in [5, 5.41) is 19.5. The number of carbonyl (C=O) groups is 1. The normalized spacial score (nSPS) is 14.6. The zero-order chi connectivity index (χ0) is 16.0. The highest BCUT2D eigenvalue weighted by Crippen LogP contribution is 2.21. The second-order valence-corrected chi connectivity index (χ2v) is 6.82. The smallest absolute Gasteiger partial charge is 0.315 e. The molecular weight excluding hydrogens is 268 g/mol. The molecule has 1 aromatic heterocycles. The van der Waals surface area contributed by atoms with E-state index in [4.69, 9.17) is 0 Å². The predicted molar refractivity (Wildman–Crippen MR) is 82.9 cm³/mol. The number of aromatic nitrogens is 2. The second-order valence-electron chi connectivity index (χ2n) is 6.82. The van der Waals surface area contributed by atoms with E-state index in [-0.39, 0.29) is 24.0 Å². The molecule has 0 aliphatic carbocycles. The fourth-order valence-corrected chi connectivity index (χ4v) is 1.92. The van der Waals surface area contributed by atoms with Gasteiger partial charge in [0.25, 0.3) is 0 Å². The van der Waals surface area contributed by atoms with Gasteiger partial charge in [0, 0.05) is 31.4 Å². The lowest BCUT2D eigenvalue weighted by atomic mass is 9.89. The van der Waals surface area contributed by atoms with Crippen molar-refractivity contribution in [3.05, 3.63) is 18.0 Å². The van der Waals surface area contributed by atoms with Crippen LogP contribution in [0.1, 0.15) is 52.2 Å². The van der Waals surface area contributed by atoms with Crippen molar-refractivity contribution in [2.45, 2.75) is 52.7 Å². The summed E-state index contributed by atoms with van der Waals surface area (Å²) in [7, 11) is 1.78. The number of nitrogens with zero attached hydrogens (tertiary/aromatic N) is 2. The molecule has 0 aromatic carbocycles. The van der Waals surface area contributed by atoms with Crippen LogP contribution in [0.25, 0.3) is 0 Å². The minimum atomic E-state index is -0.741. The van der Waals surface area contributed by atoms with Crippen LogP contribution in [0.3, 0.4) is 0 Å². The predicted octanol–water partition coefficient (Wildman–Crippen LogP) is 1.97. The van der Waals surface area contributed by atoms with Gasteiger partial charge in [-0.3, -0.25) is 4.68 Å². The maximum absolute atomic E-state index is 11.8. The number of hydrogen-bond acceptors (Lipinski definition) is 3. The molecule has 0 bridgehead atoms. The summed E-state index contributed by atoms with van der Waals surface area (Å²) in [5.74, 6) is 0. The molecule has 0 aliphatic heterocycles. The monoisotopic (exact) mass is 296 g/mol. The summed E-state index contributed by atoms with van der Waals surface area (Å²) in [6.07, 6.45) is 4.57. The largest absolute Gasteiger partial charge is 0.386 e. The second kappa shape index (κ2) is 7.45. The molecule has 1 rings (SSSR count). The summed E-state index contributed by atoms with van der Waals surface area (Å²) in [4.78, 5) is 11.8. The molecule has 21 heavy (non-hydrogen) atoms. The molecule has 1 heterocycles. The first-order valence-corrected chi connectivity index (χ1v) is 7.38. The van der Waals surface area contributed by atoms with Crippen molar-refractivity contribution in [1.82, 2.24) is 20.4 Å². The maximum atomic E-state index is 11.8. The van der Waals surface area contributed by atoms with E-state index in [9.17, 15) is 9.90 Å². The van der Waals surface area contributed by atoms with E-state index in [0.717, 1.165) is 12.8 Å². The third-order valence-corrected chi connectivity index (χ3v) is 3.27. The van der Waals surface area contributed by atoms with Gasteiger partial charge in [-0.1, -0.05) is 20.8 Å². The molecule has 120 valence electrons. The van der Waals surface area contributed by atoms with Crippen molar-refractivity contribution in [1.29, 1.82) is 0 Å². The molecule has 0 unspecified atom stereocenters. The van der Waals surface area contributed by atoms with E-state index in [2.05, 4.69) is 36.5 Å². The Bertz CT molecular complexity index is 451. The highest BCUT2D eigenvalue weighted by Gasteiger charge is 2.15. The van der Waals surface area contributed by atoms with Gasteiger partial charge in [-0.15, -0.1) is 0 Å². The Kier molecular flexibility index (Phi) is 6.20. The molecule has 6 heteroatoms. The van der Waals surface area contributed by atoms with Crippen LogP contribution in [-0.4, -0.2) is 33.5 Å². The Morgan fingerprint density at radius 3 is 2.67 bits per heavy atom. The molecule has 0 radical (unpaired) electrons. The van der Waals surface area contributed by atoms with Crippen LogP contribution in [0.2, 0.25) is 0 Å². The third-order valence-electron chi connectivity index (χ3n) is 3.27. The Morgan fingerprint density at radius 2 is 2.14 bits per heavy atom. The zero-order valence-electron chi connectivity index (χ0n) is 13.7. The molecule has 6 nitrogen and oxygen atoms in total. The average molecular weight is 296 g/mol. The van der Waals surface area contributed by atoms with E-state index >= 15 is 0 Å². The number of aliphatic hydroxyl groups excluding tert-OH is 1. The van der Waals surface area contributed by atoms with Crippen LogP contribution < -0.4 is 10.6 Å². The zero-order valence-corrected chi connectivity index (χ0v) is 13.7. The van der Waals surface area contributed by atoms with Gasteiger partial charge >= 0.3 is 6.03 Å². The summed E-state index contributed by atoms with van der Waals surface area (Å²) in [6.45, 7) is 8.71. The Balaban J connectivity index is 2.27. The van der Waals surface area contributed by atoms with Crippen LogP contribution in [0.4, 0.5) is 4.79 Å². The molecule has 0 spiro atoms. The average Bonchev–Trinajstić information content (AvgIpc) is 2.79. The fourth-order valence-electron chi connectivity index (χ4n) is 1.92. The molecule has 0 aliphatic rings. The highest BCUT2D eigenvalue weighted by atomic mass is 16.3. The number of carbonyl (C=O) groups excluding carboxylic acids is 1. The minimum Gasteiger partial charge on any atom is -0.386 e. The van der Waals surface area contributed by atoms with E-state index < -0.39 is 6.10 Å². The van der Waals surface area contributed by atoms with Crippen LogP contribution >= 0.6 is 0 Å². The third kappa shape index (κ3) is 7.13. The lowest BCUT2D eigenvalue weighted by molar-refractivity contribution is 0.172. The lowest BCUT2D eigenvalue weighted by Gasteiger charge is -2.22. The lowest BCUT2D eigenvalue weighted by Crippen LogP contribution is -2.42. The van der Waals surface area contributed by atoms with Gasteiger partial charge in [0.2, 0.25) is 0 Å². The number of hydrogen-bond donors (Lipinski definition) is 3. The fraction of sp³-hybridized carbons (Fsp3) is 0.733. The standard InChI is InChI=1S/C15H28N4O2/c1-11(6-7-15(2,3)4)18-14(21)16-9-13(20)12-8-17-19(5)10-12/h8,10-11,13,20H,6-7,9H2,1-5H3,(H2,16,18,21)/t11-,13-/m1/s1. The molecule has 0 saturated heterocycles. The van der Waals surface area contributed by atoms with E-state index in [1.807, 2.05) is 6.92 Å². The van der Waals surface area contributed by atoms with Crippen LogP contribution in [0.5, 0.6) is 0 Å². The molecule has 0 saturated carbocycles. The Labute approximate surface area is 126 Å². The van der Waals surface area contributed by atoms with Crippen molar-refractivity contribution in [2.75, 3.05) is 6.54 Å². The van der Waals surface area contributed by atoms with Gasteiger partial charge in [-0.25, -0.2) is 4.79 Å². The highest BCUT2D eigenvalue weighted by molar-refractivity contribution is 5.74. The van der Waals surface area contributed by atoms with Crippen molar-refractivity contribution in [2.24, 2.45) is 12.5 Å². The van der Waals surface area contributed by atoms with Crippen molar-refractivity contribution < 1.29 is 9.90 Å². The van der Waals surface area contributed by atoms with Gasteiger partial charge in [0.15, 0.2) is 0 Å².